The Morgan fingerprint density at radius 2 is 1.50 bits per heavy atom. The molecule has 0 spiro atoms. The SMILES string of the molecule is CNC(Cc1ccc2ccccc2c1)c1ccccc1. The third-order valence-electron chi connectivity index (χ3n) is 3.80. The lowest BCUT2D eigenvalue weighted by Crippen LogP contribution is -2.18. The number of likely N-dealkylation sites (N-methyl/N-ethyl adjacent to an activating group) is 1. The highest BCUT2D eigenvalue weighted by Crippen LogP contribution is 2.21. The molecule has 0 saturated carbocycles. The zero-order valence-corrected chi connectivity index (χ0v) is 11.7. The third-order valence-corrected chi connectivity index (χ3v) is 3.80. The highest BCUT2D eigenvalue weighted by atomic mass is 14.9. The zero-order chi connectivity index (χ0) is 13.8. The molecule has 0 bridgehead atoms. The van der Waals surface area contributed by atoms with Crippen LogP contribution in [0.2, 0.25) is 0 Å². The van der Waals surface area contributed by atoms with Crippen LogP contribution in [0.25, 0.3) is 10.8 Å². The minimum absolute atomic E-state index is 0.359. The highest BCUT2D eigenvalue weighted by molar-refractivity contribution is 5.83. The summed E-state index contributed by atoms with van der Waals surface area (Å²) in [6.45, 7) is 0. The summed E-state index contributed by atoms with van der Waals surface area (Å²) < 4.78 is 0. The Labute approximate surface area is 120 Å². The Kier molecular flexibility index (Phi) is 3.80. The van der Waals surface area contributed by atoms with E-state index in [0.29, 0.717) is 6.04 Å². The van der Waals surface area contributed by atoms with Crippen LogP contribution in [0.15, 0.2) is 72.8 Å². The lowest BCUT2D eigenvalue weighted by molar-refractivity contribution is 0.592. The van der Waals surface area contributed by atoms with Gasteiger partial charge >= 0.3 is 0 Å². The van der Waals surface area contributed by atoms with Crippen molar-refractivity contribution in [3.05, 3.63) is 83.9 Å². The smallest absolute Gasteiger partial charge is 0.0358 e. The van der Waals surface area contributed by atoms with Crippen molar-refractivity contribution >= 4 is 10.8 Å². The lowest BCUT2D eigenvalue weighted by atomic mass is 9.97. The Hall–Kier alpha value is -2.12. The maximum absolute atomic E-state index is 3.41. The van der Waals surface area contributed by atoms with Crippen molar-refractivity contribution in [2.24, 2.45) is 0 Å². The van der Waals surface area contributed by atoms with E-state index >= 15 is 0 Å². The first-order valence-electron chi connectivity index (χ1n) is 7.07. The average Bonchev–Trinajstić information content (AvgIpc) is 2.53. The van der Waals surface area contributed by atoms with Crippen molar-refractivity contribution in [2.45, 2.75) is 12.5 Å². The fourth-order valence-electron chi connectivity index (χ4n) is 2.67. The van der Waals surface area contributed by atoms with Crippen LogP contribution in [-0.4, -0.2) is 7.05 Å². The molecule has 0 amide bonds. The van der Waals surface area contributed by atoms with Crippen LogP contribution in [0, 0.1) is 0 Å². The van der Waals surface area contributed by atoms with Crippen LogP contribution in [0.3, 0.4) is 0 Å². The third kappa shape index (κ3) is 2.73. The van der Waals surface area contributed by atoms with Gasteiger partial charge in [0.2, 0.25) is 0 Å². The molecule has 0 radical (unpaired) electrons. The number of hydrogen-bond acceptors (Lipinski definition) is 1. The van der Waals surface area contributed by atoms with Crippen molar-refractivity contribution in [2.75, 3.05) is 7.05 Å². The Balaban J connectivity index is 1.87. The van der Waals surface area contributed by atoms with Gasteiger partial charge in [0.25, 0.3) is 0 Å². The summed E-state index contributed by atoms with van der Waals surface area (Å²) in [5.41, 5.74) is 2.70. The Morgan fingerprint density at radius 1 is 0.800 bits per heavy atom. The van der Waals surface area contributed by atoms with E-state index in [9.17, 15) is 0 Å². The van der Waals surface area contributed by atoms with Crippen molar-refractivity contribution < 1.29 is 0 Å². The summed E-state index contributed by atoms with van der Waals surface area (Å²) in [5.74, 6) is 0. The molecular weight excluding hydrogens is 242 g/mol. The van der Waals surface area contributed by atoms with Gasteiger partial charge < -0.3 is 5.32 Å². The number of benzene rings is 3. The minimum atomic E-state index is 0.359. The molecule has 1 N–H and O–H groups in total. The molecule has 100 valence electrons. The molecule has 1 heteroatoms. The lowest BCUT2D eigenvalue weighted by Gasteiger charge is -2.17. The number of fused-ring (bicyclic) bond motifs is 1. The second-order valence-corrected chi connectivity index (χ2v) is 5.14. The summed E-state index contributed by atoms with van der Waals surface area (Å²) in [6, 6.07) is 26.2. The van der Waals surface area contributed by atoms with Gasteiger partial charge in [0.15, 0.2) is 0 Å². The summed E-state index contributed by atoms with van der Waals surface area (Å²) in [4.78, 5) is 0. The first-order chi connectivity index (χ1) is 9.86. The molecule has 0 aliphatic carbocycles. The normalized spacial score (nSPS) is 12.4. The monoisotopic (exact) mass is 261 g/mol. The van der Waals surface area contributed by atoms with Crippen LogP contribution in [0.5, 0.6) is 0 Å². The molecule has 0 fully saturated rings. The second kappa shape index (κ2) is 5.89. The van der Waals surface area contributed by atoms with Crippen LogP contribution >= 0.6 is 0 Å². The van der Waals surface area contributed by atoms with E-state index in [0.717, 1.165) is 6.42 Å². The number of rotatable bonds is 4. The van der Waals surface area contributed by atoms with Gasteiger partial charge in [-0.1, -0.05) is 72.8 Å². The molecule has 3 rings (SSSR count). The Morgan fingerprint density at radius 3 is 2.25 bits per heavy atom. The van der Waals surface area contributed by atoms with Crippen LogP contribution < -0.4 is 5.32 Å². The van der Waals surface area contributed by atoms with E-state index in [4.69, 9.17) is 0 Å². The molecule has 0 heterocycles. The van der Waals surface area contributed by atoms with Crippen molar-refractivity contribution in [1.29, 1.82) is 0 Å². The molecule has 0 aliphatic rings. The largest absolute Gasteiger partial charge is 0.313 e. The fraction of sp³-hybridized carbons (Fsp3) is 0.158. The topological polar surface area (TPSA) is 12.0 Å². The van der Waals surface area contributed by atoms with E-state index in [2.05, 4.69) is 78.1 Å². The van der Waals surface area contributed by atoms with Crippen LogP contribution in [-0.2, 0) is 6.42 Å². The molecule has 3 aromatic carbocycles. The van der Waals surface area contributed by atoms with E-state index in [-0.39, 0.29) is 0 Å². The average molecular weight is 261 g/mol. The zero-order valence-electron chi connectivity index (χ0n) is 11.7. The number of nitrogens with one attached hydrogen (secondary N) is 1. The standard InChI is InChI=1S/C19H19N/c1-20-19(17-8-3-2-4-9-17)14-15-11-12-16-7-5-6-10-18(16)13-15/h2-13,19-20H,14H2,1H3. The summed E-state index contributed by atoms with van der Waals surface area (Å²) in [6.07, 6.45) is 1.01. The fourth-order valence-corrected chi connectivity index (χ4v) is 2.67. The summed E-state index contributed by atoms with van der Waals surface area (Å²) in [5, 5.41) is 6.03. The quantitative estimate of drug-likeness (QED) is 0.736. The van der Waals surface area contributed by atoms with E-state index in [1.54, 1.807) is 0 Å². The first-order valence-corrected chi connectivity index (χ1v) is 7.07. The van der Waals surface area contributed by atoms with Gasteiger partial charge in [-0.3, -0.25) is 0 Å². The predicted octanol–water partition coefficient (Wildman–Crippen LogP) is 4.34. The Bertz CT molecular complexity index is 688. The molecular formula is C19H19N. The van der Waals surface area contributed by atoms with E-state index in [1.807, 2.05) is 7.05 Å². The maximum atomic E-state index is 3.41. The molecule has 0 saturated heterocycles. The van der Waals surface area contributed by atoms with Crippen molar-refractivity contribution in [1.82, 2.24) is 5.32 Å². The van der Waals surface area contributed by atoms with Gasteiger partial charge in [0.05, 0.1) is 0 Å². The predicted molar refractivity (Wildman–Crippen MR) is 85.9 cm³/mol. The van der Waals surface area contributed by atoms with Gasteiger partial charge in [-0.25, -0.2) is 0 Å². The van der Waals surface area contributed by atoms with Crippen LogP contribution in [0.1, 0.15) is 17.2 Å². The second-order valence-electron chi connectivity index (χ2n) is 5.14. The molecule has 0 aliphatic heterocycles. The number of hydrogen-bond donors (Lipinski definition) is 1. The highest BCUT2D eigenvalue weighted by Gasteiger charge is 2.09. The van der Waals surface area contributed by atoms with Crippen LogP contribution in [0.4, 0.5) is 0 Å². The molecule has 0 aromatic heterocycles. The molecule has 1 unspecified atom stereocenters. The van der Waals surface area contributed by atoms with Gasteiger partial charge in [0.1, 0.15) is 0 Å². The van der Waals surface area contributed by atoms with Gasteiger partial charge in [-0.15, -0.1) is 0 Å². The minimum Gasteiger partial charge on any atom is -0.313 e. The summed E-state index contributed by atoms with van der Waals surface area (Å²) in [7, 11) is 2.03. The first kappa shape index (κ1) is 12.9. The van der Waals surface area contributed by atoms with Crippen molar-refractivity contribution in [3.8, 4) is 0 Å². The maximum Gasteiger partial charge on any atom is 0.0358 e. The van der Waals surface area contributed by atoms with Gasteiger partial charge in [-0.05, 0) is 35.4 Å². The van der Waals surface area contributed by atoms with Crippen molar-refractivity contribution in [3.63, 3.8) is 0 Å². The molecule has 1 nitrogen and oxygen atoms in total. The molecule has 1 atom stereocenters. The van der Waals surface area contributed by atoms with E-state index < -0.39 is 0 Å². The summed E-state index contributed by atoms with van der Waals surface area (Å²) >= 11 is 0. The van der Waals surface area contributed by atoms with E-state index in [1.165, 1.54) is 21.9 Å². The molecule has 20 heavy (non-hydrogen) atoms. The van der Waals surface area contributed by atoms with Gasteiger partial charge in [-0.2, -0.15) is 0 Å². The van der Waals surface area contributed by atoms with Gasteiger partial charge in [0, 0.05) is 6.04 Å². The molecule has 3 aromatic rings.